The normalized spacial score (nSPS) is 12.2. The van der Waals surface area contributed by atoms with Crippen molar-refractivity contribution in [1.82, 2.24) is 5.43 Å². The predicted molar refractivity (Wildman–Crippen MR) is 77.8 cm³/mol. The molecule has 0 fully saturated rings. The Morgan fingerprint density at radius 2 is 1.85 bits per heavy atom. The second-order valence-electron chi connectivity index (χ2n) is 4.52. The number of ether oxygens (including phenoxy) is 1. The summed E-state index contributed by atoms with van der Waals surface area (Å²) in [6.45, 7) is 2.57. The average molecular weight is 274 g/mol. The van der Waals surface area contributed by atoms with Gasteiger partial charge in [-0.2, -0.15) is 0 Å². The van der Waals surface area contributed by atoms with Crippen LogP contribution in [0.2, 0.25) is 0 Å². The van der Waals surface area contributed by atoms with E-state index < -0.39 is 0 Å². The molecule has 0 aromatic heterocycles. The molecule has 2 rings (SSSR count). The van der Waals surface area contributed by atoms with Crippen LogP contribution in [0.25, 0.3) is 0 Å². The molecule has 0 aliphatic rings. The second-order valence-corrected chi connectivity index (χ2v) is 4.52. The van der Waals surface area contributed by atoms with E-state index in [0.717, 1.165) is 11.3 Å². The highest BCUT2D eigenvalue weighted by Crippen LogP contribution is 2.22. The number of nitrogens with one attached hydrogen (secondary N) is 1. The van der Waals surface area contributed by atoms with E-state index >= 15 is 0 Å². The quantitative estimate of drug-likeness (QED) is 0.629. The molecule has 106 valence electrons. The first-order valence-corrected chi connectivity index (χ1v) is 6.67. The van der Waals surface area contributed by atoms with Crippen molar-refractivity contribution in [3.05, 3.63) is 65.5 Å². The third kappa shape index (κ3) is 3.56. The Kier molecular flexibility index (Phi) is 5.09. The van der Waals surface area contributed by atoms with Crippen molar-refractivity contribution in [1.29, 1.82) is 0 Å². The van der Waals surface area contributed by atoms with Gasteiger partial charge in [-0.25, -0.2) is 4.39 Å². The first-order valence-electron chi connectivity index (χ1n) is 6.67. The van der Waals surface area contributed by atoms with E-state index in [1.807, 2.05) is 37.3 Å². The summed E-state index contributed by atoms with van der Waals surface area (Å²) >= 11 is 0. The van der Waals surface area contributed by atoms with Crippen LogP contribution in [0, 0.1) is 5.82 Å². The molecule has 0 heterocycles. The molecule has 1 atom stereocenters. The first kappa shape index (κ1) is 14.5. The molecule has 0 aliphatic carbocycles. The van der Waals surface area contributed by atoms with Crippen molar-refractivity contribution in [2.75, 3.05) is 6.61 Å². The summed E-state index contributed by atoms with van der Waals surface area (Å²) in [5.41, 5.74) is 4.38. The molecule has 3 nitrogen and oxygen atoms in total. The zero-order valence-corrected chi connectivity index (χ0v) is 11.5. The van der Waals surface area contributed by atoms with Crippen molar-refractivity contribution >= 4 is 0 Å². The van der Waals surface area contributed by atoms with Crippen LogP contribution >= 0.6 is 0 Å². The highest BCUT2D eigenvalue weighted by Gasteiger charge is 2.13. The van der Waals surface area contributed by atoms with Crippen LogP contribution in [-0.4, -0.2) is 6.61 Å². The summed E-state index contributed by atoms with van der Waals surface area (Å²) in [6, 6.07) is 14.3. The van der Waals surface area contributed by atoms with Gasteiger partial charge in [-0.1, -0.05) is 30.3 Å². The molecule has 0 bridgehead atoms. The van der Waals surface area contributed by atoms with Crippen molar-refractivity contribution in [2.24, 2.45) is 5.84 Å². The Labute approximate surface area is 118 Å². The van der Waals surface area contributed by atoms with Gasteiger partial charge in [0.25, 0.3) is 0 Å². The lowest BCUT2D eigenvalue weighted by molar-refractivity contribution is 0.340. The third-order valence-electron chi connectivity index (χ3n) is 3.18. The second kappa shape index (κ2) is 7.03. The van der Waals surface area contributed by atoms with Gasteiger partial charge in [-0.15, -0.1) is 0 Å². The molecule has 0 saturated heterocycles. The summed E-state index contributed by atoms with van der Waals surface area (Å²) in [5, 5.41) is 0. The van der Waals surface area contributed by atoms with Gasteiger partial charge in [0.2, 0.25) is 0 Å². The summed E-state index contributed by atoms with van der Waals surface area (Å²) in [4.78, 5) is 0. The van der Waals surface area contributed by atoms with Crippen LogP contribution in [-0.2, 0) is 6.42 Å². The molecule has 3 N–H and O–H groups in total. The lowest BCUT2D eigenvalue weighted by Gasteiger charge is -2.17. The molecule has 0 saturated carbocycles. The van der Waals surface area contributed by atoms with Crippen LogP contribution < -0.4 is 16.0 Å². The molecule has 1 unspecified atom stereocenters. The van der Waals surface area contributed by atoms with Crippen LogP contribution in [0.1, 0.15) is 24.1 Å². The highest BCUT2D eigenvalue weighted by atomic mass is 19.1. The zero-order valence-electron chi connectivity index (χ0n) is 11.5. The Bertz CT molecular complexity index is 542. The van der Waals surface area contributed by atoms with Gasteiger partial charge in [-0.05, 0) is 42.7 Å². The molecular weight excluding hydrogens is 255 g/mol. The fourth-order valence-corrected chi connectivity index (χ4v) is 2.12. The summed E-state index contributed by atoms with van der Waals surface area (Å²) in [6.07, 6.45) is 0.497. The van der Waals surface area contributed by atoms with E-state index in [1.54, 1.807) is 12.1 Å². The molecule has 0 amide bonds. The van der Waals surface area contributed by atoms with E-state index in [4.69, 9.17) is 10.6 Å². The fourth-order valence-electron chi connectivity index (χ4n) is 2.12. The number of hydrogen-bond donors (Lipinski definition) is 2. The fraction of sp³-hybridized carbons (Fsp3) is 0.250. The lowest BCUT2D eigenvalue weighted by atomic mass is 9.99. The van der Waals surface area contributed by atoms with E-state index in [1.165, 1.54) is 6.07 Å². The Morgan fingerprint density at radius 1 is 1.15 bits per heavy atom. The topological polar surface area (TPSA) is 47.3 Å². The smallest absolute Gasteiger partial charge is 0.126 e. The van der Waals surface area contributed by atoms with Crippen LogP contribution in [0.5, 0.6) is 5.75 Å². The Hall–Kier alpha value is -1.91. The largest absolute Gasteiger partial charge is 0.494 e. The molecule has 2 aromatic rings. The summed E-state index contributed by atoms with van der Waals surface area (Å²) < 4.78 is 19.1. The molecule has 0 radical (unpaired) electrons. The standard InChI is InChI=1S/C16H19FN2O/c1-2-20-14-9-7-12(8-10-14)16(19-18)11-13-5-3-4-6-15(13)17/h3-10,16,19H,2,11,18H2,1H3. The Morgan fingerprint density at radius 3 is 2.45 bits per heavy atom. The van der Waals surface area contributed by atoms with Gasteiger partial charge in [-0.3, -0.25) is 11.3 Å². The van der Waals surface area contributed by atoms with Gasteiger partial charge in [0.15, 0.2) is 0 Å². The average Bonchev–Trinajstić information content (AvgIpc) is 2.48. The number of hydrogen-bond acceptors (Lipinski definition) is 3. The molecular formula is C16H19FN2O. The van der Waals surface area contributed by atoms with Gasteiger partial charge in [0.1, 0.15) is 11.6 Å². The van der Waals surface area contributed by atoms with Crippen molar-refractivity contribution in [2.45, 2.75) is 19.4 Å². The number of nitrogens with two attached hydrogens (primary N) is 1. The predicted octanol–water partition coefficient (Wildman–Crippen LogP) is 2.97. The molecule has 2 aromatic carbocycles. The maximum atomic E-state index is 13.7. The number of hydrazine groups is 1. The molecule has 0 spiro atoms. The van der Waals surface area contributed by atoms with Crippen molar-refractivity contribution in [3.8, 4) is 5.75 Å². The minimum absolute atomic E-state index is 0.137. The molecule has 20 heavy (non-hydrogen) atoms. The zero-order chi connectivity index (χ0) is 14.4. The van der Waals surface area contributed by atoms with E-state index in [2.05, 4.69) is 5.43 Å². The van der Waals surface area contributed by atoms with Gasteiger partial charge >= 0.3 is 0 Å². The van der Waals surface area contributed by atoms with E-state index in [0.29, 0.717) is 18.6 Å². The minimum Gasteiger partial charge on any atom is -0.494 e. The molecule has 4 heteroatoms. The van der Waals surface area contributed by atoms with Gasteiger partial charge in [0, 0.05) is 0 Å². The van der Waals surface area contributed by atoms with Gasteiger partial charge in [0.05, 0.1) is 12.6 Å². The molecule has 0 aliphatic heterocycles. The number of rotatable bonds is 6. The lowest BCUT2D eigenvalue weighted by Crippen LogP contribution is -2.29. The third-order valence-corrected chi connectivity index (χ3v) is 3.18. The Balaban J connectivity index is 2.13. The van der Waals surface area contributed by atoms with Crippen molar-refractivity contribution < 1.29 is 9.13 Å². The van der Waals surface area contributed by atoms with Crippen LogP contribution in [0.3, 0.4) is 0 Å². The summed E-state index contributed by atoms with van der Waals surface area (Å²) in [5.74, 6) is 6.20. The minimum atomic E-state index is -0.210. The maximum Gasteiger partial charge on any atom is 0.126 e. The monoisotopic (exact) mass is 274 g/mol. The van der Waals surface area contributed by atoms with Crippen LogP contribution in [0.15, 0.2) is 48.5 Å². The maximum absolute atomic E-state index is 13.7. The van der Waals surface area contributed by atoms with E-state index in [-0.39, 0.29) is 11.9 Å². The van der Waals surface area contributed by atoms with Gasteiger partial charge < -0.3 is 4.74 Å². The number of benzene rings is 2. The van der Waals surface area contributed by atoms with Crippen molar-refractivity contribution in [3.63, 3.8) is 0 Å². The van der Waals surface area contributed by atoms with E-state index in [9.17, 15) is 4.39 Å². The summed E-state index contributed by atoms with van der Waals surface area (Å²) in [7, 11) is 0. The number of halogens is 1. The SMILES string of the molecule is CCOc1ccc(C(Cc2ccccc2F)NN)cc1. The van der Waals surface area contributed by atoms with Crippen LogP contribution in [0.4, 0.5) is 4.39 Å². The first-order chi connectivity index (χ1) is 9.74. The highest BCUT2D eigenvalue weighted by molar-refractivity contribution is 5.30.